The van der Waals surface area contributed by atoms with Crippen LogP contribution in [0, 0.1) is 6.92 Å². The Bertz CT molecular complexity index is 1190. The summed E-state index contributed by atoms with van der Waals surface area (Å²) >= 11 is 6.75. The Morgan fingerprint density at radius 2 is 1.70 bits per heavy atom. The third-order valence-electron chi connectivity index (χ3n) is 5.10. The minimum atomic E-state index is -0.111. The number of nitrogens with zero attached hydrogens (tertiary/aromatic N) is 1. The molecule has 0 atom stereocenters. The van der Waals surface area contributed by atoms with Crippen LogP contribution in [-0.4, -0.2) is 23.4 Å². The third-order valence-corrected chi connectivity index (χ3v) is 6.41. The lowest BCUT2D eigenvalue weighted by molar-refractivity contribution is -0.113. The SMILES string of the molecule is CCc1cc(C)cc(OCCOc2cccc(C=C3SC(=S)N(c4ccccc4)C3=O)c2)c1. The van der Waals surface area contributed by atoms with Crippen molar-refractivity contribution < 1.29 is 14.3 Å². The molecule has 1 saturated heterocycles. The lowest BCUT2D eigenvalue weighted by Gasteiger charge is -2.13. The van der Waals surface area contributed by atoms with Gasteiger partial charge in [-0.25, -0.2) is 0 Å². The van der Waals surface area contributed by atoms with Crippen LogP contribution >= 0.6 is 24.0 Å². The van der Waals surface area contributed by atoms with Crippen molar-refractivity contribution in [1.82, 2.24) is 0 Å². The number of carbonyl (C=O) groups excluding carboxylic acids is 1. The second-order valence-electron chi connectivity index (χ2n) is 7.63. The predicted octanol–water partition coefficient (Wildman–Crippen LogP) is 6.42. The van der Waals surface area contributed by atoms with E-state index in [-0.39, 0.29) is 5.91 Å². The van der Waals surface area contributed by atoms with Crippen molar-refractivity contribution in [1.29, 1.82) is 0 Å². The molecule has 168 valence electrons. The van der Waals surface area contributed by atoms with Gasteiger partial charge in [-0.15, -0.1) is 0 Å². The molecule has 1 aliphatic heterocycles. The number of thiocarbonyl (C=S) groups is 1. The minimum Gasteiger partial charge on any atom is -0.490 e. The van der Waals surface area contributed by atoms with Gasteiger partial charge in [0.25, 0.3) is 5.91 Å². The quantitative estimate of drug-likeness (QED) is 0.213. The number of para-hydroxylation sites is 1. The molecule has 0 N–H and O–H groups in total. The molecule has 33 heavy (non-hydrogen) atoms. The molecule has 1 amide bonds. The topological polar surface area (TPSA) is 38.8 Å². The predicted molar refractivity (Wildman–Crippen MR) is 140 cm³/mol. The normalized spacial score (nSPS) is 14.7. The maximum Gasteiger partial charge on any atom is 0.270 e. The van der Waals surface area contributed by atoms with Gasteiger partial charge in [0.15, 0.2) is 4.32 Å². The van der Waals surface area contributed by atoms with Crippen LogP contribution in [0.4, 0.5) is 5.69 Å². The van der Waals surface area contributed by atoms with Gasteiger partial charge in [-0.3, -0.25) is 9.69 Å². The summed E-state index contributed by atoms with van der Waals surface area (Å²) in [5.74, 6) is 1.48. The van der Waals surface area contributed by atoms with Crippen LogP contribution < -0.4 is 14.4 Å². The molecule has 3 aromatic rings. The molecule has 1 fully saturated rings. The van der Waals surface area contributed by atoms with Crippen LogP contribution in [0.1, 0.15) is 23.6 Å². The molecule has 0 bridgehead atoms. The van der Waals surface area contributed by atoms with Crippen molar-refractivity contribution in [2.24, 2.45) is 0 Å². The fourth-order valence-electron chi connectivity index (χ4n) is 3.54. The van der Waals surface area contributed by atoms with Crippen LogP contribution in [0.2, 0.25) is 0 Å². The summed E-state index contributed by atoms with van der Waals surface area (Å²) in [6.07, 6.45) is 2.83. The maximum atomic E-state index is 12.9. The molecule has 0 radical (unpaired) electrons. The van der Waals surface area contributed by atoms with Crippen molar-refractivity contribution in [2.75, 3.05) is 18.1 Å². The Kier molecular flexibility index (Phi) is 7.47. The highest BCUT2D eigenvalue weighted by Crippen LogP contribution is 2.36. The van der Waals surface area contributed by atoms with Gasteiger partial charge in [-0.05, 0) is 72.5 Å². The molecule has 4 nitrogen and oxygen atoms in total. The van der Waals surface area contributed by atoms with Gasteiger partial charge in [0.1, 0.15) is 24.7 Å². The zero-order valence-electron chi connectivity index (χ0n) is 18.6. The maximum absolute atomic E-state index is 12.9. The molecule has 1 aliphatic rings. The molecule has 0 aliphatic carbocycles. The Morgan fingerprint density at radius 3 is 2.45 bits per heavy atom. The fourth-order valence-corrected chi connectivity index (χ4v) is 4.84. The summed E-state index contributed by atoms with van der Waals surface area (Å²) < 4.78 is 12.3. The monoisotopic (exact) mass is 475 g/mol. The van der Waals surface area contributed by atoms with Crippen LogP contribution in [0.15, 0.2) is 77.7 Å². The number of hydrogen-bond donors (Lipinski definition) is 0. The number of aryl methyl sites for hydroxylation is 2. The van der Waals surface area contributed by atoms with E-state index in [2.05, 4.69) is 26.0 Å². The number of benzene rings is 3. The molecule has 0 saturated carbocycles. The van der Waals surface area contributed by atoms with E-state index >= 15 is 0 Å². The van der Waals surface area contributed by atoms with E-state index in [0.29, 0.717) is 22.4 Å². The number of amides is 1. The Balaban J connectivity index is 1.37. The Morgan fingerprint density at radius 1 is 0.939 bits per heavy atom. The van der Waals surface area contributed by atoms with Gasteiger partial charge in [0.2, 0.25) is 0 Å². The molecule has 4 rings (SSSR count). The average Bonchev–Trinajstić information content (AvgIpc) is 3.09. The largest absolute Gasteiger partial charge is 0.490 e. The zero-order chi connectivity index (χ0) is 23.2. The highest BCUT2D eigenvalue weighted by molar-refractivity contribution is 8.27. The third kappa shape index (κ3) is 5.83. The fraction of sp³-hybridized carbons (Fsp3) is 0.185. The standard InChI is InChI=1S/C27H25NO3S2/c1-3-20-14-19(2)15-24(16-20)31-13-12-30-23-11-7-8-21(17-23)18-25-26(29)28(27(32)33-25)22-9-5-4-6-10-22/h4-11,14-18H,3,12-13H2,1-2H3. The van der Waals surface area contributed by atoms with E-state index in [1.165, 1.54) is 22.9 Å². The first-order chi connectivity index (χ1) is 16.0. The van der Waals surface area contributed by atoms with E-state index in [9.17, 15) is 4.79 Å². The van der Waals surface area contributed by atoms with Crippen LogP contribution in [0.5, 0.6) is 11.5 Å². The van der Waals surface area contributed by atoms with Crippen molar-refractivity contribution in [3.63, 3.8) is 0 Å². The molecule has 6 heteroatoms. The van der Waals surface area contributed by atoms with Gasteiger partial charge < -0.3 is 9.47 Å². The van der Waals surface area contributed by atoms with Crippen LogP contribution in [0.25, 0.3) is 6.08 Å². The van der Waals surface area contributed by atoms with E-state index in [4.69, 9.17) is 21.7 Å². The molecule has 0 aromatic heterocycles. The van der Waals surface area contributed by atoms with E-state index in [0.717, 1.165) is 29.2 Å². The molecule has 1 heterocycles. The average molecular weight is 476 g/mol. The first-order valence-electron chi connectivity index (χ1n) is 10.8. The summed E-state index contributed by atoms with van der Waals surface area (Å²) in [6, 6.07) is 23.4. The highest BCUT2D eigenvalue weighted by atomic mass is 32.2. The molecular formula is C27H25NO3S2. The number of hydrogen-bond acceptors (Lipinski definition) is 5. The smallest absolute Gasteiger partial charge is 0.270 e. The molecular weight excluding hydrogens is 450 g/mol. The van der Waals surface area contributed by atoms with Crippen molar-refractivity contribution in [3.8, 4) is 11.5 Å². The van der Waals surface area contributed by atoms with Crippen LogP contribution in [-0.2, 0) is 11.2 Å². The van der Waals surface area contributed by atoms with Gasteiger partial charge in [0, 0.05) is 0 Å². The summed E-state index contributed by atoms with van der Waals surface area (Å²) in [4.78, 5) is 15.1. The zero-order valence-corrected chi connectivity index (χ0v) is 20.2. The number of rotatable bonds is 8. The van der Waals surface area contributed by atoms with E-state index < -0.39 is 0 Å². The van der Waals surface area contributed by atoms with Gasteiger partial charge in [-0.1, -0.05) is 67.3 Å². The Hall–Kier alpha value is -3.09. The lowest BCUT2D eigenvalue weighted by Crippen LogP contribution is -2.27. The Labute approximate surface area is 204 Å². The highest BCUT2D eigenvalue weighted by Gasteiger charge is 2.33. The van der Waals surface area contributed by atoms with E-state index in [1.807, 2.05) is 66.7 Å². The summed E-state index contributed by atoms with van der Waals surface area (Å²) in [7, 11) is 0. The number of thioether (sulfide) groups is 1. The minimum absolute atomic E-state index is 0.111. The summed E-state index contributed by atoms with van der Waals surface area (Å²) in [5.41, 5.74) is 4.11. The molecule has 0 unspecified atom stereocenters. The first kappa shape index (κ1) is 23.1. The molecule has 3 aromatic carbocycles. The van der Waals surface area contributed by atoms with Crippen molar-refractivity contribution >= 4 is 46.0 Å². The number of carbonyl (C=O) groups is 1. The van der Waals surface area contributed by atoms with Gasteiger partial charge in [0.05, 0.1) is 10.6 Å². The van der Waals surface area contributed by atoms with Crippen LogP contribution in [0.3, 0.4) is 0 Å². The number of ether oxygens (including phenoxy) is 2. The van der Waals surface area contributed by atoms with Crippen molar-refractivity contribution in [3.05, 3.63) is 94.4 Å². The summed E-state index contributed by atoms with van der Waals surface area (Å²) in [6.45, 7) is 5.08. The van der Waals surface area contributed by atoms with E-state index in [1.54, 1.807) is 4.90 Å². The summed E-state index contributed by atoms with van der Waals surface area (Å²) in [5, 5.41) is 0. The number of anilines is 1. The first-order valence-corrected chi connectivity index (χ1v) is 12.0. The van der Waals surface area contributed by atoms with Gasteiger partial charge >= 0.3 is 0 Å². The van der Waals surface area contributed by atoms with Gasteiger partial charge in [-0.2, -0.15) is 0 Å². The lowest BCUT2D eigenvalue weighted by atomic mass is 10.1. The second-order valence-corrected chi connectivity index (χ2v) is 9.31. The molecule has 0 spiro atoms. The second kappa shape index (κ2) is 10.7. The van der Waals surface area contributed by atoms with Crippen molar-refractivity contribution in [2.45, 2.75) is 20.3 Å².